The van der Waals surface area contributed by atoms with Crippen molar-refractivity contribution in [1.29, 1.82) is 0 Å². The molecular formula is C47H28N4. The van der Waals surface area contributed by atoms with Gasteiger partial charge in [0.25, 0.3) is 0 Å². The minimum absolute atomic E-state index is 0.989. The molecule has 0 spiro atoms. The Kier molecular flexibility index (Phi) is 5.20. The van der Waals surface area contributed by atoms with Gasteiger partial charge in [-0.3, -0.25) is 4.40 Å². The van der Waals surface area contributed by atoms with Crippen LogP contribution in [0.2, 0.25) is 0 Å². The van der Waals surface area contributed by atoms with Crippen molar-refractivity contribution in [3.8, 4) is 11.4 Å². The molecule has 0 unspecified atom stereocenters. The molecule has 0 atom stereocenters. The highest BCUT2D eigenvalue weighted by Crippen LogP contribution is 2.43. The molecule has 0 radical (unpaired) electrons. The molecule has 0 aliphatic carbocycles. The third-order valence-electron chi connectivity index (χ3n) is 11.0. The maximum atomic E-state index is 5.20. The summed E-state index contributed by atoms with van der Waals surface area (Å²) >= 11 is 0. The van der Waals surface area contributed by atoms with Crippen LogP contribution >= 0.6 is 0 Å². The maximum Gasteiger partial charge on any atom is 0.146 e. The highest BCUT2D eigenvalue weighted by Gasteiger charge is 2.22. The summed E-state index contributed by atoms with van der Waals surface area (Å²) in [6.07, 6.45) is 0. The first-order valence-electron chi connectivity index (χ1n) is 17.5. The van der Waals surface area contributed by atoms with Crippen LogP contribution in [0.5, 0.6) is 0 Å². The van der Waals surface area contributed by atoms with Crippen molar-refractivity contribution < 1.29 is 0 Å². The number of aromatic nitrogens is 4. The lowest BCUT2D eigenvalue weighted by molar-refractivity contribution is 1.15. The van der Waals surface area contributed by atoms with E-state index in [0.29, 0.717) is 0 Å². The average molecular weight is 649 g/mol. The highest BCUT2D eigenvalue weighted by molar-refractivity contribution is 6.26. The highest BCUT2D eigenvalue weighted by atomic mass is 15.1. The first kappa shape index (κ1) is 27.0. The normalized spacial score (nSPS) is 12.3. The summed E-state index contributed by atoms with van der Waals surface area (Å²) in [5.41, 5.74) is 11.3. The number of nitrogens with zero attached hydrogens (tertiary/aromatic N) is 4. The molecule has 236 valence electrons. The van der Waals surface area contributed by atoms with Crippen molar-refractivity contribution in [1.82, 2.24) is 18.5 Å². The van der Waals surface area contributed by atoms with Crippen LogP contribution in [0.25, 0.3) is 104 Å². The zero-order valence-corrected chi connectivity index (χ0v) is 27.5. The molecule has 51 heavy (non-hydrogen) atoms. The van der Waals surface area contributed by atoms with E-state index >= 15 is 0 Å². The predicted octanol–water partition coefficient (Wildman–Crippen LogP) is 12.1. The number of rotatable bonds is 2. The van der Waals surface area contributed by atoms with Crippen molar-refractivity contribution in [3.05, 3.63) is 170 Å². The number of fused-ring (bicyclic) bond motifs is 17. The van der Waals surface area contributed by atoms with Gasteiger partial charge in [0, 0.05) is 49.1 Å². The van der Waals surface area contributed by atoms with Gasteiger partial charge >= 0.3 is 0 Å². The predicted molar refractivity (Wildman–Crippen MR) is 214 cm³/mol. The van der Waals surface area contributed by atoms with Crippen molar-refractivity contribution >= 4 is 92.7 Å². The van der Waals surface area contributed by atoms with Gasteiger partial charge in [0.1, 0.15) is 5.65 Å². The van der Waals surface area contributed by atoms with Gasteiger partial charge < -0.3 is 9.13 Å². The smallest absolute Gasteiger partial charge is 0.146 e. The van der Waals surface area contributed by atoms with Gasteiger partial charge in [-0.25, -0.2) is 4.98 Å². The molecular weight excluding hydrogens is 621 g/mol. The first-order chi connectivity index (χ1) is 25.3. The second-order valence-electron chi connectivity index (χ2n) is 13.6. The molecule has 0 saturated heterocycles. The first-order valence-corrected chi connectivity index (χ1v) is 17.5. The fourth-order valence-electron chi connectivity index (χ4n) is 8.87. The van der Waals surface area contributed by atoms with E-state index in [2.05, 4.69) is 183 Å². The van der Waals surface area contributed by atoms with Crippen molar-refractivity contribution in [3.63, 3.8) is 0 Å². The van der Waals surface area contributed by atoms with Crippen LogP contribution in [0.4, 0.5) is 0 Å². The molecule has 0 bridgehead atoms. The quantitative estimate of drug-likeness (QED) is 0.171. The lowest BCUT2D eigenvalue weighted by Gasteiger charge is -2.15. The standard InChI is InChI=1S/C47H28N4/c1-2-13-30(14-3-1)49-40-19-9-6-16-33(40)35-25-26-36-34-17-7-10-20-41(34)50(46(36)45(35)49)31-23-27-42-38(28-31)44-32-15-5-4-12-29(32)22-24-37(44)47-48-39-18-8-11-21-43(39)51(42)47/h1-28H. The Balaban J connectivity index is 1.30. The largest absolute Gasteiger partial charge is 0.307 e. The molecule has 0 aliphatic heterocycles. The molecule has 0 saturated carbocycles. The lowest BCUT2D eigenvalue weighted by atomic mass is 9.98. The summed E-state index contributed by atoms with van der Waals surface area (Å²) in [5.74, 6) is 0. The van der Waals surface area contributed by atoms with Crippen LogP contribution in [-0.4, -0.2) is 18.5 Å². The summed E-state index contributed by atoms with van der Waals surface area (Å²) in [6, 6.07) is 61.8. The van der Waals surface area contributed by atoms with E-state index in [4.69, 9.17) is 4.98 Å². The van der Waals surface area contributed by atoms with E-state index in [1.54, 1.807) is 0 Å². The maximum absolute atomic E-state index is 5.20. The number of hydrogen-bond acceptors (Lipinski definition) is 1. The monoisotopic (exact) mass is 648 g/mol. The molecule has 0 fully saturated rings. The van der Waals surface area contributed by atoms with Gasteiger partial charge in [0.15, 0.2) is 0 Å². The van der Waals surface area contributed by atoms with Gasteiger partial charge in [-0.2, -0.15) is 0 Å². The number of para-hydroxylation sites is 5. The Bertz CT molecular complexity index is 3420. The topological polar surface area (TPSA) is 27.2 Å². The van der Waals surface area contributed by atoms with Gasteiger partial charge in [0.2, 0.25) is 0 Å². The van der Waals surface area contributed by atoms with Crippen LogP contribution < -0.4 is 0 Å². The summed E-state index contributed by atoms with van der Waals surface area (Å²) in [4.78, 5) is 5.20. The summed E-state index contributed by atoms with van der Waals surface area (Å²) < 4.78 is 7.30. The molecule has 0 N–H and O–H groups in total. The van der Waals surface area contributed by atoms with Gasteiger partial charge in [-0.15, -0.1) is 0 Å². The Morgan fingerprint density at radius 3 is 1.69 bits per heavy atom. The van der Waals surface area contributed by atoms with Gasteiger partial charge in [0.05, 0.1) is 38.6 Å². The van der Waals surface area contributed by atoms with Crippen molar-refractivity contribution in [2.45, 2.75) is 0 Å². The molecule has 4 nitrogen and oxygen atoms in total. The van der Waals surface area contributed by atoms with Gasteiger partial charge in [-0.1, -0.05) is 109 Å². The number of imidazole rings is 1. The minimum Gasteiger partial charge on any atom is -0.307 e. The molecule has 0 amide bonds. The van der Waals surface area contributed by atoms with E-state index in [1.165, 1.54) is 65.2 Å². The minimum atomic E-state index is 0.989. The van der Waals surface area contributed by atoms with Crippen molar-refractivity contribution in [2.75, 3.05) is 0 Å². The van der Waals surface area contributed by atoms with E-state index < -0.39 is 0 Å². The molecule has 4 heteroatoms. The fourth-order valence-corrected chi connectivity index (χ4v) is 8.87. The number of benzene rings is 8. The Hall–Kier alpha value is -6.91. The molecule has 4 heterocycles. The van der Waals surface area contributed by atoms with E-state index in [9.17, 15) is 0 Å². The molecule has 0 aliphatic rings. The third-order valence-corrected chi connectivity index (χ3v) is 11.0. The van der Waals surface area contributed by atoms with Crippen molar-refractivity contribution in [2.24, 2.45) is 0 Å². The molecule has 12 aromatic rings. The van der Waals surface area contributed by atoms with E-state index in [1.807, 2.05) is 0 Å². The van der Waals surface area contributed by atoms with E-state index in [0.717, 1.165) is 39.0 Å². The summed E-state index contributed by atoms with van der Waals surface area (Å²) in [6.45, 7) is 0. The average Bonchev–Trinajstić information content (AvgIpc) is 3.86. The van der Waals surface area contributed by atoms with Crippen LogP contribution in [0.3, 0.4) is 0 Å². The second kappa shape index (κ2) is 9.84. The van der Waals surface area contributed by atoms with Crippen LogP contribution in [0.15, 0.2) is 170 Å². The number of pyridine rings is 1. The SMILES string of the molecule is c1ccc(-n2c3ccccc3c3ccc4c5ccccc5n(-c5ccc6c(c5)c5c7ccccc7ccc5c5nc7ccccc7n65)c4c32)cc1. The zero-order chi connectivity index (χ0) is 33.2. The van der Waals surface area contributed by atoms with Crippen LogP contribution in [0.1, 0.15) is 0 Å². The van der Waals surface area contributed by atoms with Crippen LogP contribution in [-0.2, 0) is 0 Å². The summed E-state index contributed by atoms with van der Waals surface area (Å²) in [7, 11) is 0. The summed E-state index contributed by atoms with van der Waals surface area (Å²) in [5, 5.41) is 11.0. The van der Waals surface area contributed by atoms with Crippen LogP contribution in [0, 0.1) is 0 Å². The zero-order valence-electron chi connectivity index (χ0n) is 27.5. The lowest BCUT2D eigenvalue weighted by Crippen LogP contribution is -1.99. The Morgan fingerprint density at radius 2 is 0.941 bits per heavy atom. The van der Waals surface area contributed by atoms with Gasteiger partial charge in [-0.05, 0) is 71.4 Å². The fraction of sp³-hybridized carbons (Fsp3) is 0. The Labute approximate surface area is 291 Å². The molecule has 4 aromatic heterocycles. The van der Waals surface area contributed by atoms with E-state index in [-0.39, 0.29) is 0 Å². The molecule has 8 aromatic carbocycles. The third kappa shape index (κ3) is 3.50. The Morgan fingerprint density at radius 1 is 0.353 bits per heavy atom. The molecule has 12 rings (SSSR count). The number of hydrogen-bond donors (Lipinski definition) is 0. The second-order valence-corrected chi connectivity index (χ2v) is 13.6.